The second kappa shape index (κ2) is 7.61. The summed E-state index contributed by atoms with van der Waals surface area (Å²) in [6.07, 6.45) is -2.45. The number of nitrogens with one attached hydrogen (secondary N) is 1. The van der Waals surface area contributed by atoms with Crippen LogP contribution in [-0.2, 0) is 12.7 Å². The van der Waals surface area contributed by atoms with Gasteiger partial charge in [-0.05, 0) is 30.5 Å². The second-order valence-corrected chi connectivity index (χ2v) is 7.68. The number of amides is 1. The van der Waals surface area contributed by atoms with Crippen LogP contribution in [-0.4, -0.2) is 42.6 Å². The van der Waals surface area contributed by atoms with Gasteiger partial charge in [0.1, 0.15) is 10.5 Å². The molecular formula is C19H15F3N6O2S. The zero-order valence-electron chi connectivity index (χ0n) is 16.3. The van der Waals surface area contributed by atoms with E-state index in [0.717, 1.165) is 6.07 Å². The molecular weight excluding hydrogens is 433 g/mol. The molecule has 1 amide bonds. The highest BCUT2D eigenvalue weighted by Crippen LogP contribution is 2.29. The average molecular weight is 448 g/mol. The Hall–Kier alpha value is -3.54. The molecule has 4 rings (SSSR count). The smallest absolute Gasteiger partial charge is 0.334 e. The van der Waals surface area contributed by atoms with E-state index in [4.69, 9.17) is 0 Å². The highest BCUT2D eigenvalue weighted by atomic mass is 32.1. The fourth-order valence-electron chi connectivity index (χ4n) is 3.03. The Bertz CT molecular complexity index is 1320. The topological polar surface area (TPSA) is 96.8 Å². The summed E-state index contributed by atoms with van der Waals surface area (Å²) in [6, 6.07) is 3.82. The number of carbonyl (C=O) groups is 1. The first-order valence-electron chi connectivity index (χ1n) is 8.95. The van der Waals surface area contributed by atoms with E-state index in [9.17, 15) is 22.8 Å². The normalized spacial score (nSPS) is 11.8. The molecule has 4 heterocycles. The van der Waals surface area contributed by atoms with Crippen LogP contribution in [0.5, 0.6) is 0 Å². The van der Waals surface area contributed by atoms with Gasteiger partial charge in [0.25, 0.3) is 11.5 Å². The van der Waals surface area contributed by atoms with Crippen molar-refractivity contribution >= 4 is 27.5 Å². The number of rotatable bonds is 4. The molecule has 4 aromatic rings. The summed E-state index contributed by atoms with van der Waals surface area (Å²) in [7, 11) is 1.55. The maximum Gasteiger partial charge on any atom is 0.417 e. The van der Waals surface area contributed by atoms with Gasteiger partial charge in [0.2, 0.25) is 0 Å². The fourth-order valence-corrected chi connectivity index (χ4v) is 3.75. The number of hydrogen-bond acceptors (Lipinski definition) is 6. The molecule has 0 aliphatic carbocycles. The van der Waals surface area contributed by atoms with Crippen LogP contribution in [0.2, 0.25) is 0 Å². The van der Waals surface area contributed by atoms with E-state index in [-0.39, 0.29) is 29.4 Å². The Morgan fingerprint density at radius 2 is 2.03 bits per heavy atom. The number of H-pyrrole nitrogens is 1. The first kappa shape index (κ1) is 20.7. The first-order chi connectivity index (χ1) is 14.6. The highest BCUT2D eigenvalue weighted by molar-refractivity contribution is 7.17. The monoisotopic (exact) mass is 448 g/mol. The van der Waals surface area contributed by atoms with Crippen LogP contribution >= 0.6 is 11.3 Å². The van der Waals surface area contributed by atoms with Crippen LogP contribution in [0.3, 0.4) is 0 Å². The zero-order valence-corrected chi connectivity index (χ0v) is 17.1. The van der Waals surface area contributed by atoms with E-state index in [1.165, 1.54) is 33.2 Å². The van der Waals surface area contributed by atoms with Crippen LogP contribution in [0.25, 0.3) is 16.0 Å². The SMILES string of the molecule is Cc1c(C(=O)N(C)Cc2nc3ccsc3c(=O)[nH]2)cnn1-c1ccc(C(F)(F)F)cn1. The Morgan fingerprint density at radius 3 is 2.71 bits per heavy atom. The van der Waals surface area contributed by atoms with E-state index >= 15 is 0 Å². The molecule has 1 N–H and O–H groups in total. The molecule has 0 saturated heterocycles. The number of carbonyl (C=O) groups excluding carboxylic acids is 1. The molecule has 12 heteroatoms. The van der Waals surface area contributed by atoms with E-state index in [1.54, 1.807) is 25.4 Å². The number of aromatic nitrogens is 5. The van der Waals surface area contributed by atoms with Crippen molar-refractivity contribution in [1.82, 2.24) is 29.6 Å². The summed E-state index contributed by atoms with van der Waals surface area (Å²) in [4.78, 5) is 37.2. The summed E-state index contributed by atoms with van der Waals surface area (Å²) >= 11 is 1.28. The van der Waals surface area contributed by atoms with Gasteiger partial charge < -0.3 is 9.88 Å². The van der Waals surface area contributed by atoms with Crippen molar-refractivity contribution in [2.75, 3.05) is 7.05 Å². The molecule has 0 aliphatic rings. The van der Waals surface area contributed by atoms with Gasteiger partial charge in [-0.25, -0.2) is 14.6 Å². The lowest BCUT2D eigenvalue weighted by molar-refractivity contribution is -0.137. The van der Waals surface area contributed by atoms with Crippen molar-refractivity contribution in [3.05, 3.63) is 69.0 Å². The molecule has 160 valence electrons. The first-order valence-corrected chi connectivity index (χ1v) is 9.83. The van der Waals surface area contributed by atoms with Crippen LogP contribution in [0.1, 0.15) is 27.4 Å². The van der Waals surface area contributed by atoms with E-state index < -0.39 is 11.7 Å². The van der Waals surface area contributed by atoms with Crippen LogP contribution in [0.15, 0.2) is 40.8 Å². The molecule has 0 atom stereocenters. The third kappa shape index (κ3) is 3.93. The Labute approximate surface area is 177 Å². The van der Waals surface area contributed by atoms with Crippen molar-refractivity contribution in [2.45, 2.75) is 19.6 Å². The standard InChI is InChI=1S/C19H15F3N6O2S/c1-10-12(8-24-28(10)15-4-3-11(7-23-15)19(20,21)22)18(30)27(2)9-14-25-13-5-6-31-16(13)17(29)26-14/h3-8H,9H2,1-2H3,(H,25,26,29). The Kier molecular flexibility index (Phi) is 5.09. The molecule has 0 bridgehead atoms. The minimum absolute atomic E-state index is 0.0585. The molecule has 0 saturated carbocycles. The third-order valence-electron chi connectivity index (χ3n) is 4.63. The average Bonchev–Trinajstić information content (AvgIpc) is 3.33. The van der Waals surface area contributed by atoms with Gasteiger partial charge in [-0.1, -0.05) is 0 Å². The maximum absolute atomic E-state index is 12.9. The van der Waals surface area contributed by atoms with Gasteiger partial charge >= 0.3 is 6.18 Å². The molecule has 4 aromatic heterocycles. The summed E-state index contributed by atoms with van der Waals surface area (Å²) in [5.41, 5.74) is 0.0818. The van der Waals surface area contributed by atoms with E-state index in [1.807, 2.05) is 0 Å². The summed E-state index contributed by atoms with van der Waals surface area (Å²) < 4.78 is 40.0. The Morgan fingerprint density at radius 1 is 1.26 bits per heavy atom. The third-order valence-corrected chi connectivity index (χ3v) is 5.53. The summed E-state index contributed by atoms with van der Waals surface area (Å²) in [6.45, 7) is 1.67. The molecule has 0 aromatic carbocycles. The minimum atomic E-state index is -4.49. The predicted octanol–water partition coefficient (Wildman–Crippen LogP) is 3.16. The highest BCUT2D eigenvalue weighted by Gasteiger charge is 2.31. The van der Waals surface area contributed by atoms with Crippen molar-refractivity contribution in [3.63, 3.8) is 0 Å². The molecule has 0 aliphatic heterocycles. The molecule has 31 heavy (non-hydrogen) atoms. The maximum atomic E-state index is 12.9. The lowest BCUT2D eigenvalue weighted by Crippen LogP contribution is -2.28. The fraction of sp³-hybridized carbons (Fsp3) is 0.211. The number of aromatic amines is 1. The molecule has 8 nitrogen and oxygen atoms in total. The van der Waals surface area contributed by atoms with Crippen LogP contribution in [0, 0.1) is 6.92 Å². The number of thiophene rings is 1. The number of hydrogen-bond donors (Lipinski definition) is 1. The minimum Gasteiger partial charge on any atom is -0.334 e. The van der Waals surface area contributed by atoms with Crippen molar-refractivity contribution in [2.24, 2.45) is 0 Å². The van der Waals surface area contributed by atoms with Crippen molar-refractivity contribution in [1.29, 1.82) is 0 Å². The van der Waals surface area contributed by atoms with Gasteiger partial charge in [-0.15, -0.1) is 11.3 Å². The van der Waals surface area contributed by atoms with Crippen molar-refractivity contribution < 1.29 is 18.0 Å². The number of pyridine rings is 1. The quantitative estimate of drug-likeness (QED) is 0.517. The Balaban J connectivity index is 1.56. The second-order valence-electron chi connectivity index (χ2n) is 6.77. The number of halogens is 3. The van der Waals surface area contributed by atoms with E-state index in [2.05, 4.69) is 20.1 Å². The van der Waals surface area contributed by atoms with Gasteiger partial charge in [-0.2, -0.15) is 18.3 Å². The number of alkyl halides is 3. The van der Waals surface area contributed by atoms with Gasteiger partial charge in [0.05, 0.1) is 35.1 Å². The van der Waals surface area contributed by atoms with Crippen LogP contribution < -0.4 is 5.56 Å². The van der Waals surface area contributed by atoms with E-state index in [0.29, 0.717) is 27.9 Å². The van der Waals surface area contributed by atoms with Gasteiger partial charge in [0, 0.05) is 13.2 Å². The van der Waals surface area contributed by atoms with Gasteiger partial charge in [-0.3, -0.25) is 9.59 Å². The summed E-state index contributed by atoms with van der Waals surface area (Å²) in [5, 5.41) is 5.85. The van der Waals surface area contributed by atoms with Gasteiger partial charge in [0.15, 0.2) is 5.82 Å². The largest absolute Gasteiger partial charge is 0.417 e. The molecule has 0 unspecified atom stereocenters. The molecule has 0 fully saturated rings. The molecule has 0 radical (unpaired) electrons. The predicted molar refractivity (Wildman–Crippen MR) is 107 cm³/mol. The lowest BCUT2D eigenvalue weighted by Gasteiger charge is -2.16. The number of fused-ring (bicyclic) bond motifs is 1. The molecule has 0 spiro atoms. The van der Waals surface area contributed by atoms with Crippen LogP contribution in [0.4, 0.5) is 13.2 Å². The zero-order chi connectivity index (χ0) is 22.3. The summed E-state index contributed by atoms with van der Waals surface area (Å²) in [5.74, 6) is 0.103. The van der Waals surface area contributed by atoms with Crippen molar-refractivity contribution in [3.8, 4) is 5.82 Å². The number of nitrogens with zero attached hydrogens (tertiary/aromatic N) is 5. The lowest BCUT2D eigenvalue weighted by atomic mass is 10.2.